The molecule has 6 nitrogen and oxygen atoms in total. The van der Waals surface area contributed by atoms with Crippen molar-refractivity contribution < 1.29 is 9.53 Å². The van der Waals surface area contributed by atoms with Crippen LogP contribution in [-0.4, -0.2) is 59.0 Å². The van der Waals surface area contributed by atoms with Gasteiger partial charge < -0.3 is 14.6 Å². The summed E-state index contributed by atoms with van der Waals surface area (Å²) < 4.78 is 5.27. The number of piperazine rings is 1. The molecule has 6 heteroatoms. The molecule has 4 rings (SSSR count). The molecule has 0 radical (unpaired) electrons. The van der Waals surface area contributed by atoms with E-state index in [9.17, 15) is 4.79 Å². The molecule has 1 N–H and O–H groups in total. The van der Waals surface area contributed by atoms with Crippen molar-refractivity contribution in [3.05, 3.63) is 24.0 Å². The Hall–Kier alpha value is -2.08. The van der Waals surface area contributed by atoms with Gasteiger partial charge in [-0.2, -0.15) is 0 Å². The number of rotatable bonds is 5. The molecule has 27 heavy (non-hydrogen) atoms. The lowest BCUT2D eigenvalue weighted by Gasteiger charge is -2.35. The van der Waals surface area contributed by atoms with E-state index in [0.29, 0.717) is 11.8 Å². The molecule has 0 bridgehead atoms. The first-order chi connectivity index (χ1) is 13.2. The Morgan fingerprint density at radius 1 is 1.19 bits per heavy atom. The third-order valence-electron chi connectivity index (χ3n) is 6.02. The number of amides is 1. The maximum absolute atomic E-state index is 12.6. The second kappa shape index (κ2) is 8.30. The third kappa shape index (κ3) is 4.43. The summed E-state index contributed by atoms with van der Waals surface area (Å²) >= 11 is 0. The Morgan fingerprint density at radius 2 is 1.96 bits per heavy atom. The van der Waals surface area contributed by atoms with Crippen LogP contribution in [0.2, 0.25) is 0 Å². The Kier molecular flexibility index (Phi) is 5.62. The predicted octanol–water partition coefficient (Wildman–Crippen LogP) is 3.19. The summed E-state index contributed by atoms with van der Waals surface area (Å²) in [4.78, 5) is 25.1. The van der Waals surface area contributed by atoms with Gasteiger partial charge in [0.05, 0.1) is 24.7 Å². The highest BCUT2D eigenvalue weighted by molar-refractivity contribution is 5.77. The van der Waals surface area contributed by atoms with Gasteiger partial charge in [-0.1, -0.05) is 19.3 Å². The molecule has 2 heterocycles. The third-order valence-corrected chi connectivity index (χ3v) is 6.02. The number of methoxy groups -OCH3 is 1. The van der Waals surface area contributed by atoms with Crippen molar-refractivity contribution in [3.8, 4) is 5.75 Å². The van der Waals surface area contributed by atoms with Crippen LogP contribution in [0.15, 0.2) is 18.2 Å². The highest BCUT2D eigenvalue weighted by Crippen LogP contribution is 2.27. The number of hydrogen-bond acceptors (Lipinski definition) is 4. The highest BCUT2D eigenvalue weighted by Gasteiger charge is 2.24. The van der Waals surface area contributed by atoms with Gasteiger partial charge in [0.15, 0.2) is 0 Å². The van der Waals surface area contributed by atoms with Gasteiger partial charge in [0, 0.05) is 38.7 Å². The van der Waals surface area contributed by atoms with Gasteiger partial charge in [-0.15, -0.1) is 0 Å². The van der Waals surface area contributed by atoms with Crippen LogP contribution in [-0.2, 0) is 11.3 Å². The van der Waals surface area contributed by atoms with Crippen LogP contribution in [0, 0.1) is 5.92 Å². The molecule has 1 saturated carbocycles. The number of fused-ring (bicyclic) bond motifs is 1. The fourth-order valence-electron chi connectivity index (χ4n) is 4.38. The van der Waals surface area contributed by atoms with Crippen molar-refractivity contribution in [2.24, 2.45) is 5.92 Å². The molecule has 2 aromatic rings. The minimum absolute atomic E-state index is 0.359. The molecule has 1 aliphatic heterocycles. The molecule has 2 fully saturated rings. The smallest absolute Gasteiger partial charge is 0.222 e. The van der Waals surface area contributed by atoms with Crippen molar-refractivity contribution in [3.63, 3.8) is 0 Å². The molecule has 0 atom stereocenters. The van der Waals surface area contributed by atoms with Gasteiger partial charge in [0.25, 0.3) is 0 Å². The number of H-pyrrole nitrogens is 1. The molecule has 2 aliphatic rings. The number of aromatic amines is 1. The van der Waals surface area contributed by atoms with Gasteiger partial charge in [0.2, 0.25) is 5.91 Å². The van der Waals surface area contributed by atoms with E-state index >= 15 is 0 Å². The summed E-state index contributed by atoms with van der Waals surface area (Å²) in [5, 5.41) is 0. The number of nitrogens with zero attached hydrogens (tertiary/aromatic N) is 3. The SMILES string of the molecule is COc1ccc2nc(CN3CCN(C(=O)CC4CCCCC4)CC3)[nH]c2c1. The topological polar surface area (TPSA) is 61.5 Å². The van der Waals surface area contributed by atoms with E-state index in [2.05, 4.69) is 19.8 Å². The first-order valence-corrected chi connectivity index (χ1v) is 10.2. The number of ether oxygens (including phenoxy) is 1. The summed E-state index contributed by atoms with van der Waals surface area (Å²) in [6.07, 6.45) is 7.18. The number of benzene rings is 1. The second-order valence-electron chi connectivity index (χ2n) is 7.93. The minimum Gasteiger partial charge on any atom is -0.497 e. The van der Waals surface area contributed by atoms with Crippen molar-refractivity contribution in [2.45, 2.75) is 45.1 Å². The average molecular weight is 370 g/mol. The zero-order chi connectivity index (χ0) is 18.6. The standard InChI is InChI=1S/C21H30N4O2/c1-27-17-7-8-18-19(14-17)23-20(22-18)15-24-9-11-25(12-10-24)21(26)13-16-5-3-2-4-6-16/h7-8,14,16H,2-6,9-13,15H2,1H3,(H,22,23). The molecule has 1 amide bonds. The Labute approximate surface area is 160 Å². The maximum Gasteiger partial charge on any atom is 0.222 e. The zero-order valence-corrected chi connectivity index (χ0v) is 16.2. The van der Waals surface area contributed by atoms with E-state index in [1.165, 1.54) is 32.1 Å². The first-order valence-electron chi connectivity index (χ1n) is 10.2. The lowest BCUT2D eigenvalue weighted by molar-refractivity contribution is -0.134. The Morgan fingerprint density at radius 3 is 2.70 bits per heavy atom. The summed E-state index contributed by atoms with van der Waals surface area (Å²) in [6, 6.07) is 5.90. The number of aromatic nitrogens is 2. The Balaban J connectivity index is 1.28. The normalized spacial score (nSPS) is 19.5. The summed E-state index contributed by atoms with van der Waals surface area (Å²) in [6.45, 7) is 4.29. The quantitative estimate of drug-likeness (QED) is 0.878. The molecular formula is C21H30N4O2. The summed E-state index contributed by atoms with van der Waals surface area (Å²) in [5.41, 5.74) is 1.97. The van der Waals surface area contributed by atoms with E-state index < -0.39 is 0 Å². The number of carbonyl (C=O) groups is 1. The van der Waals surface area contributed by atoms with Crippen LogP contribution in [0.5, 0.6) is 5.75 Å². The number of hydrogen-bond donors (Lipinski definition) is 1. The van der Waals surface area contributed by atoms with E-state index in [1.807, 2.05) is 18.2 Å². The van der Waals surface area contributed by atoms with Crippen LogP contribution >= 0.6 is 0 Å². The first kappa shape index (κ1) is 18.3. The van der Waals surface area contributed by atoms with Crippen LogP contribution in [0.3, 0.4) is 0 Å². The van der Waals surface area contributed by atoms with E-state index in [0.717, 1.165) is 61.8 Å². The summed E-state index contributed by atoms with van der Waals surface area (Å²) in [7, 11) is 1.67. The van der Waals surface area contributed by atoms with Crippen LogP contribution < -0.4 is 4.74 Å². The van der Waals surface area contributed by atoms with Crippen molar-refractivity contribution >= 4 is 16.9 Å². The highest BCUT2D eigenvalue weighted by atomic mass is 16.5. The predicted molar refractivity (Wildman–Crippen MR) is 106 cm³/mol. The monoisotopic (exact) mass is 370 g/mol. The van der Waals surface area contributed by atoms with Crippen molar-refractivity contribution in [1.29, 1.82) is 0 Å². The summed E-state index contributed by atoms with van der Waals surface area (Å²) in [5.74, 6) is 2.79. The molecule has 1 saturated heterocycles. The van der Waals surface area contributed by atoms with Gasteiger partial charge >= 0.3 is 0 Å². The zero-order valence-electron chi connectivity index (χ0n) is 16.2. The molecular weight excluding hydrogens is 340 g/mol. The van der Waals surface area contributed by atoms with E-state index in [4.69, 9.17) is 4.74 Å². The lowest BCUT2D eigenvalue weighted by atomic mass is 9.86. The number of carbonyl (C=O) groups excluding carboxylic acids is 1. The minimum atomic E-state index is 0.359. The lowest BCUT2D eigenvalue weighted by Crippen LogP contribution is -2.48. The van der Waals surface area contributed by atoms with E-state index in [1.54, 1.807) is 7.11 Å². The number of imidazole rings is 1. The van der Waals surface area contributed by atoms with Crippen LogP contribution in [0.4, 0.5) is 0 Å². The maximum atomic E-state index is 12.6. The molecule has 146 valence electrons. The van der Waals surface area contributed by atoms with Crippen molar-refractivity contribution in [2.75, 3.05) is 33.3 Å². The molecule has 1 aromatic carbocycles. The van der Waals surface area contributed by atoms with Crippen LogP contribution in [0.25, 0.3) is 11.0 Å². The molecule has 1 aromatic heterocycles. The number of nitrogens with one attached hydrogen (secondary N) is 1. The second-order valence-corrected chi connectivity index (χ2v) is 7.93. The van der Waals surface area contributed by atoms with E-state index in [-0.39, 0.29) is 0 Å². The molecule has 0 spiro atoms. The van der Waals surface area contributed by atoms with Gasteiger partial charge in [-0.3, -0.25) is 9.69 Å². The fraction of sp³-hybridized carbons (Fsp3) is 0.619. The van der Waals surface area contributed by atoms with Crippen LogP contribution in [0.1, 0.15) is 44.3 Å². The van der Waals surface area contributed by atoms with Crippen molar-refractivity contribution in [1.82, 2.24) is 19.8 Å². The molecule has 0 unspecified atom stereocenters. The fourth-order valence-corrected chi connectivity index (χ4v) is 4.38. The van der Waals surface area contributed by atoms with Gasteiger partial charge in [-0.05, 0) is 30.9 Å². The average Bonchev–Trinajstić information content (AvgIpc) is 3.10. The largest absolute Gasteiger partial charge is 0.497 e. The van der Waals surface area contributed by atoms with Gasteiger partial charge in [0.1, 0.15) is 11.6 Å². The molecule has 1 aliphatic carbocycles. The van der Waals surface area contributed by atoms with Gasteiger partial charge in [-0.25, -0.2) is 4.98 Å². The Bertz CT molecular complexity index is 774.